The van der Waals surface area contributed by atoms with E-state index in [0.29, 0.717) is 5.56 Å². The number of hydrogen-bond donors (Lipinski definition) is 1. The molecule has 0 unspecified atom stereocenters. The zero-order valence-corrected chi connectivity index (χ0v) is 8.79. The van der Waals surface area contributed by atoms with Crippen LogP contribution in [0.15, 0.2) is 24.3 Å². The molecule has 1 N–H and O–H groups in total. The number of amides is 1. The molecule has 0 heterocycles. The molecule has 0 aliphatic rings. The van der Waals surface area contributed by atoms with Crippen LogP contribution in [0.3, 0.4) is 0 Å². The summed E-state index contributed by atoms with van der Waals surface area (Å²) in [7, 11) is 0. The highest BCUT2D eigenvalue weighted by molar-refractivity contribution is 5.67. The fraction of sp³-hybridized carbons (Fsp3) is 0.364. The van der Waals surface area contributed by atoms with Gasteiger partial charge < -0.3 is 10.1 Å². The highest BCUT2D eigenvalue weighted by atomic mass is 19.1. The summed E-state index contributed by atoms with van der Waals surface area (Å²) < 4.78 is 17.9. The SMILES string of the molecule is CC(C)NC(=O)OCc1ccccc1F. The summed E-state index contributed by atoms with van der Waals surface area (Å²) >= 11 is 0. The van der Waals surface area contributed by atoms with Crippen LogP contribution in [0.25, 0.3) is 0 Å². The second kappa shape index (κ2) is 5.34. The smallest absolute Gasteiger partial charge is 0.407 e. The molecule has 3 nitrogen and oxygen atoms in total. The fourth-order valence-corrected chi connectivity index (χ4v) is 1.04. The van der Waals surface area contributed by atoms with Crippen molar-refractivity contribution in [3.05, 3.63) is 35.6 Å². The monoisotopic (exact) mass is 211 g/mol. The van der Waals surface area contributed by atoms with Crippen molar-refractivity contribution in [1.82, 2.24) is 5.32 Å². The van der Waals surface area contributed by atoms with Gasteiger partial charge in [-0.3, -0.25) is 0 Å². The Bertz CT molecular complexity index is 339. The van der Waals surface area contributed by atoms with Gasteiger partial charge in [0.15, 0.2) is 0 Å². The first-order chi connectivity index (χ1) is 7.09. The molecule has 0 atom stereocenters. The Kier molecular flexibility index (Phi) is 4.09. The summed E-state index contributed by atoms with van der Waals surface area (Å²) in [5, 5.41) is 2.55. The van der Waals surface area contributed by atoms with Crippen LogP contribution in [0.4, 0.5) is 9.18 Å². The topological polar surface area (TPSA) is 38.3 Å². The third-order valence-electron chi connectivity index (χ3n) is 1.72. The summed E-state index contributed by atoms with van der Waals surface area (Å²) in [6.07, 6.45) is -0.534. The zero-order valence-electron chi connectivity index (χ0n) is 8.79. The maximum absolute atomic E-state index is 13.1. The molecule has 82 valence electrons. The van der Waals surface area contributed by atoms with E-state index in [1.807, 2.05) is 13.8 Å². The van der Waals surface area contributed by atoms with Crippen molar-refractivity contribution < 1.29 is 13.9 Å². The minimum Gasteiger partial charge on any atom is -0.445 e. The molecule has 0 spiro atoms. The Labute approximate surface area is 88.2 Å². The summed E-state index contributed by atoms with van der Waals surface area (Å²) in [6, 6.07) is 6.21. The van der Waals surface area contributed by atoms with E-state index < -0.39 is 6.09 Å². The molecular weight excluding hydrogens is 197 g/mol. The zero-order chi connectivity index (χ0) is 11.3. The summed E-state index contributed by atoms with van der Waals surface area (Å²) in [4.78, 5) is 11.1. The normalized spacial score (nSPS) is 10.1. The van der Waals surface area contributed by atoms with E-state index >= 15 is 0 Å². The molecule has 1 amide bonds. The maximum atomic E-state index is 13.1. The molecule has 0 bridgehead atoms. The van der Waals surface area contributed by atoms with Crippen LogP contribution in [0, 0.1) is 5.82 Å². The molecule has 15 heavy (non-hydrogen) atoms. The van der Waals surface area contributed by atoms with E-state index in [1.165, 1.54) is 6.07 Å². The molecule has 0 fully saturated rings. The van der Waals surface area contributed by atoms with Gasteiger partial charge in [0.25, 0.3) is 0 Å². The lowest BCUT2D eigenvalue weighted by atomic mass is 10.2. The van der Waals surface area contributed by atoms with Crippen molar-refractivity contribution in [1.29, 1.82) is 0 Å². The highest BCUT2D eigenvalue weighted by Crippen LogP contribution is 2.07. The third kappa shape index (κ3) is 3.97. The van der Waals surface area contributed by atoms with Crippen LogP contribution < -0.4 is 5.32 Å². The van der Waals surface area contributed by atoms with Gasteiger partial charge in [-0.25, -0.2) is 9.18 Å². The summed E-state index contributed by atoms with van der Waals surface area (Å²) in [6.45, 7) is 3.60. The van der Waals surface area contributed by atoms with Gasteiger partial charge >= 0.3 is 6.09 Å². The van der Waals surface area contributed by atoms with Crippen molar-refractivity contribution in [3.63, 3.8) is 0 Å². The number of nitrogens with one attached hydrogen (secondary N) is 1. The van der Waals surface area contributed by atoms with Gasteiger partial charge in [0.1, 0.15) is 12.4 Å². The molecule has 0 aliphatic carbocycles. The van der Waals surface area contributed by atoms with Crippen LogP contribution in [-0.4, -0.2) is 12.1 Å². The van der Waals surface area contributed by atoms with Gasteiger partial charge in [0, 0.05) is 11.6 Å². The van der Waals surface area contributed by atoms with Crippen LogP contribution in [-0.2, 0) is 11.3 Å². The number of halogens is 1. The van der Waals surface area contributed by atoms with Gasteiger partial charge in [-0.2, -0.15) is 0 Å². The minimum absolute atomic E-state index is 0.0121. The average molecular weight is 211 g/mol. The summed E-state index contributed by atoms with van der Waals surface area (Å²) in [5.74, 6) is -0.366. The first-order valence-electron chi connectivity index (χ1n) is 4.76. The lowest BCUT2D eigenvalue weighted by Gasteiger charge is -2.09. The van der Waals surface area contributed by atoms with E-state index in [9.17, 15) is 9.18 Å². The predicted octanol–water partition coefficient (Wildman–Crippen LogP) is 2.46. The fourth-order valence-electron chi connectivity index (χ4n) is 1.04. The maximum Gasteiger partial charge on any atom is 0.407 e. The molecule has 0 aliphatic heterocycles. The molecule has 0 radical (unpaired) electrons. The number of ether oxygens (including phenoxy) is 1. The Hall–Kier alpha value is -1.58. The summed E-state index contributed by atoms with van der Waals surface area (Å²) in [5.41, 5.74) is 0.372. The van der Waals surface area contributed by atoms with Gasteiger partial charge in [-0.05, 0) is 19.9 Å². The van der Waals surface area contributed by atoms with Gasteiger partial charge in [0.2, 0.25) is 0 Å². The van der Waals surface area contributed by atoms with Crippen LogP contribution >= 0.6 is 0 Å². The van der Waals surface area contributed by atoms with Crippen molar-refractivity contribution in [2.75, 3.05) is 0 Å². The van der Waals surface area contributed by atoms with Crippen LogP contribution in [0.5, 0.6) is 0 Å². The first kappa shape index (κ1) is 11.5. The van der Waals surface area contributed by atoms with Crippen molar-refractivity contribution in [3.8, 4) is 0 Å². The van der Waals surface area contributed by atoms with Crippen molar-refractivity contribution in [2.45, 2.75) is 26.5 Å². The third-order valence-corrected chi connectivity index (χ3v) is 1.72. The molecule has 0 aromatic heterocycles. The standard InChI is InChI=1S/C11H14FNO2/c1-8(2)13-11(14)15-7-9-5-3-4-6-10(9)12/h3-6,8H,7H2,1-2H3,(H,13,14). The van der Waals surface area contributed by atoms with Crippen LogP contribution in [0.2, 0.25) is 0 Å². The molecular formula is C11H14FNO2. The quantitative estimate of drug-likeness (QED) is 0.834. The first-order valence-corrected chi connectivity index (χ1v) is 4.76. The number of hydrogen-bond acceptors (Lipinski definition) is 2. The Morgan fingerprint density at radius 3 is 2.73 bits per heavy atom. The van der Waals surface area contributed by atoms with E-state index in [-0.39, 0.29) is 18.5 Å². The van der Waals surface area contributed by atoms with Crippen molar-refractivity contribution >= 4 is 6.09 Å². The van der Waals surface area contributed by atoms with E-state index in [2.05, 4.69) is 5.32 Å². The van der Waals surface area contributed by atoms with E-state index in [4.69, 9.17) is 4.74 Å². The van der Waals surface area contributed by atoms with Gasteiger partial charge in [-0.15, -0.1) is 0 Å². The number of benzene rings is 1. The van der Waals surface area contributed by atoms with E-state index in [0.717, 1.165) is 0 Å². The molecule has 4 heteroatoms. The predicted molar refractivity (Wildman–Crippen MR) is 54.9 cm³/mol. The molecule has 1 aromatic rings. The second-order valence-electron chi connectivity index (χ2n) is 3.47. The average Bonchev–Trinajstić information content (AvgIpc) is 2.15. The Morgan fingerprint density at radius 2 is 2.13 bits per heavy atom. The molecule has 1 rings (SSSR count). The minimum atomic E-state index is -0.534. The lowest BCUT2D eigenvalue weighted by Crippen LogP contribution is -2.30. The Balaban J connectivity index is 2.44. The highest BCUT2D eigenvalue weighted by Gasteiger charge is 2.06. The molecule has 0 saturated heterocycles. The van der Waals surface area contributed by atoms with Crippen LogP contribution in [0.1, 0.15) is 19.4 Å². The molecule has 1 aromatic carbocycles. The van der Waals surface area contributed by atoms with Gasteiger partial charge in [0.05, 0.1) is 0 Å². The largest absolute Gasteiger partial charge is 0.445 e. The second-order valence-corrected chi connectivity index (χ2v) is 3.47. The van der Waals surface area contributed by atoms with Crippen molar-refractivity contribution in [2.24, 2.45) is 0 Å². The van der Waals surface area contributed by atoms with Gasteiger partial charge in [-0.1, -0.05) is 18.2 Å². The number of rotatable bonds is 3. The number of alkyl carbamates (subject to hydrolysis) is 1. The molecule has 0 saturated carbocycles. The Morgan fingerprint density at radius 1 is 1.47 bits per heavy atom. The van der Waals surface area contributed by atoms with E-state index in [1.54, 1.807) is 18.2 Å². The number of carbonyl (C=O) groups is 1. The number of carbonyl (C=O) groups excluding carboxylic acids is 1. The lowest BCUT2D eigenvalue weighted by molar-refractivity contribution is 0.136.